The summed E-state index contributed by atoms with van der Waals surface area (Å²) in [6, 6.07) is 17.4. The van der Waals surface area contributed by atoms with Crippen molar-refractivity contribution in [3.63, 3.8) is 0 Å². The smallest absolute Gasteiger partial charge is 0.0555 e. The lowest BCUT2D eigenvalue weighted by Gasteiger charge is -2.11. The standard InChI is InChI=1S/C14H12BrN.ClH/c15-12-6-3-5-10(8-12)14-9-11-4-1-2-7-13(11)16-14;/h1-8,14,16H,9H2;1H. The molecule has 2 aromatic rings. The van der Waals surface area contributed by atoms with Gasteiger partial charge in [0.1, 0.15) is 0 Å². The van der Waals surface area contributed by atoms with Gasteiger partial charge in [-0.1, -0.05) is 46.3 Å². The lowest BCUT2D eigenvalue weighted by molar-refractivity contribution is 0.823. The minimum absolute atomic E-state index is 0. The molecule has 1 heterocycles. The van der Waals surface area contributed by atoms with Crippen molar-refractivity contribution in [3.8, 4) is 0 Å². The fourth-order valence-electron chi connectivity index (χ4n) is 2.22. The van der Waals surface area contributed by atoms with Crippen LogP contribution in [0.2, 0.25) is 0 Å². The van der Waals surface area contributed by atoms with E-state index in [2.05, 4.69) is 69.8 Å². The number of hydrogen-bond donors (Lipinski definition) is 1. The number of fused-ring (bicyclic) bond motifs is 1. The highest BCUT2D eigenvalue weighted by Gasteiger charge is 2.21. The number of para-hydroxylation sites is 1. The van der Waals surface area contributed by atoms with Crippen molar-refractivity contribution < 1.29 is 0 Å². The van der Waals surface area contributed by atoms with E-state index >= 15 is 0 Å². The zero-order valence-electron chi connectivity index (χ0n) is 9.19. The average Bonchev–Trinajstić information content (AvgIpc) is 2.72. The molecule has 0 radical (unpaired) electrons. The van der Waals surface area contributed by atoms with E-state index in [1.165, 1.54) is 16.8 Å². The molecule has 1 N–H and O–H groups in total. The maximum Gasteiger partial charge on any atom is 0.0555 e. The molecule has 0 bridgehead atoms. The van der Waals surface area contributed by atoms with Crippen LogP contribution in [0.4, 0.5) is 5.69 Å². The minimum Gasteiger partial charge on any atom is -0.378 e. The van der Waals surface area contributed by atoms with Gasteiger partial charge in [0.15, 0.2) is 0 Å². The van der Waals surface area contributed by atoms with Crippen molar-refractivity contribution in [3.05, 3.63) is 64.1 Å². The molecular formula is C14H13BrClN. The second-order valence-electron chi connectivity index (χ2n) is 4.11. The number of rotatable bonds is 1. The van der Waals surface area contributed by atoms with E-state index < -0.39 is 0 Å². The molecule has 0 amide bonds. The van der Waals surface area contributed by atoms with Crippen LogP contribution in [-0.2, 0) is 6.42 Å². The molecule has 0 fully saturated rings. The van der Waals surface area contributed by atoms with Crippen LogP contribution in [0.5, 0.6) is 0 Å². The van der Waals surface area contributed by atoms with Gasteiger partial charge >= 0.3 is 0 Å². The molecule has 2 aromatic carbocycles. The summed E-state index contributed by atoms with van der Waals surface area (Å²) in [4.78, 5) is 0. The Kier molecular flexibility index (Phi) is 3.75. The van der Waals surface area contributed by atoms with E-state index in [4.69, 9.17) is 0 Å². The first-order chi connectivity index (χ1) is 7.83. The van der Waals surface area contributed by atoms with Gasteiger partial charge in [0.2, 0.25) is 0 Å². The van der Waals surface area contributed by atoms with Crippen molar-refractivity contribution in [2.45, 2.75) is 12.5 Å². The predicted molar refractivity (Wildman–Crippen MR) is 77.9 cm³/mol. The number of halogens is 2. The summed E-state index contributed by atoms with van der Waals surface area (Å²) in [6.07, 6.45) is 1.08. The molecule has 0 saturated heterocycles. The van der Waals surface area contributed by atoms with Crippen LogP contribution in [0, 0.1) is 0 Å². The average molecular weight is 311 g/mol. The van der Waals surface area contributed by atoms with Gasteiger partial charge in [-0.15, -0.1) is 12.4 Å². The quantitative estimate of drug-likeness (QED) is 0.813. The van der Waals surface area contributed by atoms with Gasteiger partial charge in [-0.25, -0.2) is 0 Å². The second-order valence-corrected chi connectivity index (χ2v) is 5.03. The number of hydrogen-bond acceptors (Lipinski definition) is 1. The molecule has 17 heavy (non-hydrogen) atoms. The highest BCUT2D eigenvalue weighted by molar-refractivity contribution is 9.10. The molecule has 88 valence electrons. The molecule has 0 aliphatic carbocycles. The van der Waals surface area contributed by atoms with Crippen LogP contribution in [0.25, 0.3) is 0 Å². The topological polar surface area (TPSA) is 12.0 Å². The fraction of sp³-hybridized carbons (Fsp3) is 0.143. The number of benzene rings is 2. The lowest BCUT2D eigenvalue weighted by atomic mass is 10.0. The summed E-state index contributed by atoms with van der Waals surface area (Å²) in [5.41, 5.74) is 4.02. The van der Waals surface area contributed by atoms with Crippen LogP contribution in [-0.4, -0.2) is 0 Å². The highest BCUT2D eigenvalue weighted by atomic mass is 79.9. The van der Waals surface area contributed by atoms with Crippen molar-refractivity contribution in [2.24, 2.45) is 0 Å². The summed E-state index contributed by atoms with van der Waals surface area (Å²) in [6.45, 7) is 0. The zero-order chi connectivity index (χ0) is 11.0. The van der Waals surface area contributed by atoms with Gasteiger partial charge in [0.05, 0.1) is 6.04 Å². The summed E-state index contributed by atoms with van der Waals surface area (Å²) in [7, 11) is 0. The number of nitrogens with one attached hydrogen (secondary N) is 1. The van der Waals surface area contributed by atoms with Gasteiger partial charge < -0.3 is 5.32 Å². The Morgan fingerprint density at radius 1 is 1.06 bits per heavy atom. The second kappa shape index (κ2) is 5.11. The minimum atomic E-state index is 0. The van der Waals surface area contributed by atoms with Crippen LogP contribution in [0.3, 0.4) is 0 Å². The van der Waals surface area contributed by atoms with Crippen molar-refractivity contribution >= 4 is 34.0 Å². The molecule has 1 aliphatic heterocycles. The monoisotopic (exact) mass is 309 g/mol. The van der Waals surface area contributed by atoms with Crippen LogP contribution in [0.15, 0.2) is 53.0 Å². The Hall–Kier alpha value is -0.990. The summed E-state index contributed by atoms with van der Waals surface area (Å²) < 4.78 is 1.14. The van der Waals surface area contributed by atoms with E-state index in [0.717, 1.165) is 10.9 Å². The molecule has 0 aromatic heterocycles. The van der Waals surface area contributed by atoms with Crippen LogP contribution < -0.4 is 5.32 Å². The molecule has 1 atom stereocenters. The lowest BCUT2D eigenvalue weighted by Crippen LogP contribution is -2.05. The molecule has 0 saturated carbocycles. The first kappa shape index (κ1) is 12.5. The molecule has 1 unspecified atom stereocenters. The zero-order valence-corrected chi connectivity index (χ0v) is 11.6. The summed E-state index contributed by atoms with van der Waals surface area (Å²) in [5, 5.41) is 3.56. The molecule has 1 aliphatic rings. The van der Waals surface area contributed by atoms with E-state index in [0.29, 0.717) is 6.04 Å². The maximum absolute atomic E-state index is 3.56. The molecule has 3 rings (SSSR count). The third kappa shape index (κ3) is 2.48. The van der Waals surface area contributed by atoms with Gasteiger partial charge in [0.25, 0.3) is 0 Å². The normalized spacial score (nSPS) is 16.9. The SMILES string of the molecule is Brc1cccc(C2Cc3ccccc3N2)c1.Cl. The van der Waals surface area contributed by atoms with Crippen molar-refractivity contribution in [2.75, 3.05) is 5.32 Å². The van der Waals surface area contributed by atoms with Crippen molar-refractivity contribution in [1.29, 1.82) is 0 Å². The first-order valence-corrected chi connectivity index (χ1v) is 6.22. The molecule has 0 spiro atoms. The third-order valence-corrected chi connectivity index (χ3v) is 3.52. The third-order valence-electron chi connectivity index (χ3n) is 3.02. The Labute approximate surface area is 116 Å². The van der Waals surface area contributed by atoms with Crippen LogP contribution >= 0.6 is 28.3 Å². The largest absolute Gasteiger partial charge is 0.378 e. The molecular weight excluding hydrogens is 298 g/mol. The van der Waals surface area contributed by atoms with E-state index in [9.17, 15) is 0 Å². The summed E-state index contributed by atoms with van der Waals surface area (Å²) in [5.74, 6) is 0. The molecule has 1 nitrogen and oxygen atoms in total. The summed E-state index contributed by atoms with van der Waals surface area (Å²) >= 11 is 3.52. The Bertz CT molecular complexity index is 502. The highest BCUT2D eigenvalue weighted by Crippen LogP contribution is 2.34. The van der Waals surface area contributed by atoms with E-state index in [1.807, 2.05) is 0 Å². The fourth-order valence-corrected chi connectivity index (χ4v) is 2.64. The van der Waals surface area contributed by atoms with Gasteiger partial charge in [-0.3, -0.25) is 0 Å². The maximum atomic E-state index is 3.56. The first-order valence-electron chi connectivity index (χ1n) is 5.43. The number of anilines is 1. The molecule has 3 heteroatoms. The Morgan fingerprint density at radius 2 is 1.88 bits per heavy atom. The van der Waals surface area contributed by atoms with Gasteiger partial charge in [-0.2, -0.15) is 0 Å². The van der Waals surface area contributed by atoms with E-state index in [1.54, 1.807) is 0 Å². The Morgan fingerprint density at radius 3 is 2.65 bits per heavy atom. The van der Waals surface area contributed by atoms with Gasteiger partial charge in [-0.05, 0) is 35.7 Å². The van der Waals surface area contributed by atoms with E-state index in [-0.39, 0.29) is 12.4 Å². The van der Waals surface area contributed by atoms with Crippen LogP contribution in [0.1, 0.15) is 17.2 Å². The van der Waals surface area contributed by atoms with Gasteiger partial charge in [0, 0.05) is 10.2 Å². The van der Waals surface area contributed by atoms with Crippen molar-refractivity contribution in [1.82, 2.24) is 0 Å². The Balaban J connectivity index is 0.00000108. The predicted octanol–water partition coefficient (Wildman–Crippen LogP) is 4.58.